The van der Waals surface area contributed by atoms with Crippen LogP contribution in [0.5, 0.6) is 0 Å². The molecule has 26 heavy (non-hydrogen) atoms. The highest BCUT2D eigenvalue weighted by Crippen LogP contribution is 2.35. The lowest BCUT2D eigenvalue weighted by atomic mass is 9.87. The summed E-state index contributed by atoms with van der Waals surface area (Å²) in [7, 11) is 2.16. The topological polar surface area (TPSA) is 33.5 Å². The maximum absolute atomic E-state index is 12.1. The molecule has 1 atom stereocenters. The highest BCUT2D eigenvalue weighted by atomic mass is 16.4. The zero-order chi connectivity index (χ0) is 18.3. The SMILES string of the molecule is Cc1ccc2c(CN(C)[C@@H]3CCCc4ccccc43)cc(=O)oc2c1C. The fraction of sp³-hybridized carbons (Fsp3) is 0.348. The third kappa shape index (κ3) is 2.97. The molecular weight excluding hydrogens is 322 g/mol. The second-order valence-corrected chi connectivity index (χ2v) is 7.50. The summed E-state index contributed by atoms with van der Waals surface area (Å²) < 4.78 is 5.52. The van der Waals surface area contributed by atoms with Gasteiger partial charge in [-0.3, -0.25) is 4.90 Å². The second-order valence-electron chi connectivity index (χ2n) is 7.50. The molecule has 1 aliphatic rings. The Balaban J connectivity index is 1.72. The van der Waals surface area contributed by atoms with Crippen molar-refractivity contribution in [1.29, 1.82) is 0 Å². The van der Waals surface area contributed by atoms with Crippen LogP contribution in [0.3, 0.4) is 0 Å². The van der Waals surface area contributed by atoms with E-state index in [0.29, 0.717) is 6.04 Å². The van der Waals surface area contributed by atoms with E-state index in [0.717, 1.165) is 47.0 Å². The zero-order valence-corrected chi connectivity index (χ0v) is 15.7. The van der Waals surface area contributed by atoms with Gasteiger partial charge < -0.3 is 4.42 Å². The summed E-state index contributed by atoms with van der Waals surface area (Å²) in [6.07, 6.45) is 3.53. The Morgan fingerprint density at radius 3 is 2.81 bits per heavy atom. The van der Waals surface area contributed by atoms with Crippen LogP contribution in [0.15, 0.2) is 51.7 Å². The van der Waals surface area contributed by atoms with Crippen LogP contribution in [0.2, 0.25) is 0 Å². The minimum absolute atomic E-state index is 0.265. The molecule has 134 valence electrons. The maximum atomic E-state index is 12.1. The van der Waals surface area contributed by atoms with E-state index in [1.165, 1.54) is 17.5 Å². The van der Waals surface area contributed by atoms with Gasteiger partial charge in [0.05, 0.1) is 0 Å². The molecule has 0 bridgehead atoms. The van der Waals surface area contributed by atoms with Crippen molar-refractivity contribution in [1.82, 2.24) is 4.90 Å². The van der Waals surface area contributed by atoms with Crippen molar-refractivity contribution in [3.8, 4) is 0 Å². The average molecular weight is 347 g/mol. The van der Waals surface area contributed by atoms with E-state index < -0.39 is 0 Å². The van der Waals surface area contributed by atoms with E-state index in [1.807, 2.05) is 13.8 Å². The van der Waals surface area contributed by atoms with Gasteiger partial charge in [-0.05, 0) is 68.0 Å². The Bertz CT molecular complexity index is 1020. The molecule has 0 N–H and O–H groups in total. The molecule has 0 spiro atoms. The van der Waals surface area contributed by atoms with Crippen molar-refractivity contribution < 1.29 is 4.42 Å². The first-order chi connectivity index (χ1) is 12.5. The molecule has 1 aliphatic carbocycles. The van der Waals surface area contributed by atoms with Gasteiger partial charge in [0.15, 0.2) is 0 Å². The van der Waals surface area contributed by atoms with Gasteiger partial charge in [-0.1, -0.05) is 36.4 Å². The molecule has 0 aliphatic heterocycles. The van der Waals surface area contributed by atoms with Gasteiger partial charge in [-0.15, -0.1) is 0 Å². The number of hydrogen-bond acceptors (Lipinski definition) is 3. The quantitative estimate of drug-likeness (QED) is 0.631. The lowest BCUT2D eigenvalue weighted by Crippen LogP contribution is -2.27. The highest BCUT2D eigenvalue weighted by molar-refractivity contribution is 5.83. The normalized spacial score (nSPS) is 16.8. The molecule has 1 aromatic heterocycles. The Morgan fingerprint density at radius 1 is 1.15 bits per heavy atom. The van der Waals surface area contributed by atoms with Crippen molar-refractivity contribution in [3.05, 3.63) is 80.7 Å². The van der Waals surface area contributed by atoms with Gasteiger partial charge in [-0.2, -0.15) is 0 Å². The molecule has 3 aromatic rings. The lowest BCUT2D eigenvalue weighted by Gasteiger charge is -2.33. The average Bonchev–Trinajstić information content (AvgIpc) is 2.64. The first-order valence-electron chi connectivity index (χ1n) is 9.35. The molecule has 0 radical (unpaired) electrons. The van der Waals surface area contributed by atoms with E-state index in [-0.39, 0.29) is 5.63 Å². The van der Waals surface area contributed by atoms with Gasteiger partial charge in [0.25, 0.3) is 0 Å². The number of fused-ring (bicyclic) bond motifs is 2. The van der Waals surface area contributed by atoms with E-state index in [1.54, 1.807) is 6.07 Å². The molecule has 3 heteroatoms. The summed E-state index contributed by atoms with van der Waals surface area (Å²) in [6, 6.07) is 15.0. The summed E-state index contributed by atoms with van der Waals surface area (Å²) in [5.41, 5.74) is 6.59. The van der Waals surface area contributed by atoms with Crippen LogP contribution >= 0.6 is 0 Å². The number of benzene rings is 2. The third-order valence-corrected chi connectivity index (χ3v) is 5.81. The van der Waals surface area contributed by atoms with Crippen molar-refractivity contribution in [2.24, 2.45) is 0 Å². The van der Waals surface area contributed by atoms with Gasteiger partial charge in [0.1, 0.15) is 5.58 Å². The monoisotopic (exact) mass is 347 g/mol. The minimum atomic E-state index is -0.265. The Labute approximate surface area is 154 Å². The zero-order valence-electron chi connectivity index (χ0n) is 15.7. The summed E-state index contributed by atoms with van der Waals surface area (Å²) in [5.74, 6) is 0. The van der Waals surface area contributed by atoms with Crippen LogP contribution in [0.1, 0.15) is 46.7 Å². The molecule has 2 aromatic carbocycles. The largest absolute Gasteiger partial charge is 0.422 e. The Morgan fingerprint density at radius 2 is 1.96 bits per heavy atom. The predicted octanol–water partition coefficient (Wildman–Crippen LogP) is 4.92. The molecule has 0 saturated heterocycles. The molecule has 0 saturated carbocycles. The number of aryl methyl sites for hydroxylation is 3. The van der Waals surface area contributed by atoms with E-state index >= 15 is 0 Å². The molecule has 0 amide bonds. The van der Waals surface area contributed by atoms with Crippen LogP contribution in [0, 0.1) is 13.8 Å². The fourth-order valence-corrected chi connectivity index (χ4v) is 4.22. The van der Waals surface area contributed by atoms with Gasteiger partial charge >= 0.3 is 5.63 Å². The van der Waals surface area contributed by atoms with Crippen molar-refractivity contribution in [2.75, 3.05) is 7.05 Å². The smallest absolute Gasteiger partial charge is 0.336 e. The van der Waals surface area contributed by atoms with E-state index in [9.17, 15) is 4.79 Å². The molecule has 0 fully saturated rings. The Kier molecular flexibility index (Phi) is 4.41. The minimum Gasteiger partial charge on any atom is -0.422 e. The van der Waals surface area contributed by atoms with Crippen molar-refractivity contribution in [2.45, 2.75) is 45.7 Å². The van der Waals surface area contributed by atoms with Crippen LogP contribution in [0.25, 0.3) is 11.0 Å². The summed E-state index contributed by atoms with van der Waals surface area (Å²) in [6.45, 7) is 4.81. The number of rotatable bonds is 3. The second kappa shape index (κ2) is 6.73. The van der Waals surface area contributed by atoms with Gasteiger partial charge in [-0.25, -0.2) is 4.79 Å². The summed E-state index contributed by atoms with van der Waals surface area (Å²) >= 11 is 0. The highest BCUT2D eigenvalue weighted by Gasteiger charge is 2.24. The van der Waals surface area contributed by atoms with Crippen LogP contribution < -0.4 is 5.63 Å². The van der Waals surface area contributed by atoms with Crippen LogP contribution in [-0.4, -0.2) is 11.9 Å². The number of hydrogen-bond donors (Lipinski definition) is 0. The standard InChI is InChI=1S/C23H25NO2/c1-15-11-12-20-18(13-22(25)26-23(20)16(15)2)14-24(3)21-10-6-8-17-7-4-5-9-19(17)21/h4-5,7,9,11-13,21H,6,8,10,14H2,1-3H3/t21-/m1/s1. The first kappa shape index (κ1) is 17.0. The van der Waals surface area contributed by atoms with Gasteiger partial charge in [0.2, 0.25) is 0 Å². The lowest BCUT2D eigenvalue weighted by molar-refractivity contribution is 0.213. The third-order valence-electron chi connectivity index (χ3n) is 5.81. The fourth-order valence-electron chi connectivity index (χ4n) is 4.22. The van der Waals surface area contributed by atoms with Crippen molar-refractivity contribution >= 4 is 11.0 Å². The molecule has 0 unspecified atom stereocenters. The summed E-state index contributed by atoms with van der Waals surface area (Å²) in [4.78, 5) is 14.5. The van der Waals surface area contributed by atoms with E-state index in [4.69, 9.17) is 4.42 Å². The summed E-state index contributed by atoms with van der Waals surface area (Å²) in [5, 5.41) is 1.05. The van der Waals surface area contributed by atoms with Crippen molar-refractivity contribution in [3.63, 3.8) is 0 Å². The molecule has 3 nitrogen and oxygen atoms in total. The Hall–Kier alpha value is -2.39. The van der Waals surface area contributed by atoms with E-state index in [2.05, 4.69) is 48.3 Å². The molecule has 4 rings (SSSR count). The van der Waals surface area contributed by atoms with Crippen LogP contribution in [0.4, 0.5) is 0 Å². The number of nitrogens with zero attached hydrogens (tertiary/aromatic N) is 1. The molecular formula is C23H25NO2. The van der Waals surface area contributed by atoms with Gasteiger partial charge in [0, 0.05) is 24.0 Å². The maximum Gasteiger partial charge on any atom is 0.336 e. The molecule has 1 heterocycles. The first-order valence-corrected chi connectivity index (χ1v) is 9.35. The predicted molar refractivity (Wildman–Crippen MR) is 106 cm³/mol. The van der Waals surface area contributed by atoms with Crippen LogP contribution in [-0.2, 0) is 13.0 Å².